The molecule has 24 heavy (non-hydrogen) atoms. The van der Waals surface area contributed by atoms with Gasteiger partial charge >= 0.3 is 6.18 Å². The number of thiazole rings is 1. The van der Waals surface area contributed by atoms with Crippen LogP contribution in [0.5, 0.6) is 0 Å². The Morgan fingerprint density at radius 3 is 2.71 bits per heavy atom. The second kappa shape index (κ2) is 6.00. The first-order chi connectivity index (χ1) is 11.3. The second-order valence-corrected chi connectivity index (χ2v) is 5.61. The first-order valence-electron chi connectivity index (χ1n) is 6.54. The quantitative estimate of drug-likeness (QED) is 0.754. The summed E-state index contributed by atoms with van der Waals surface area (Å²) in [5.74, 6) is -2.38. The molecule has 2 N–H and O–H groups in total. The first kappa shape index (κ1) is 16.1. The lowest BCUT2D eigenvalue weighted by Crippen LogP contribution is -2.13. The Morgan fingerprint density at radius 1 is 1.29 bits per heavy atom. The number of H-pyrrole nitrogens is 1. The summed E-state index contributed by atoms with van der Waals surface area (Å²) in [4.78, 5) is 24.0. The maximum atomic E-state index is 12.5. The summed E-state index contributed by atoms with van der Waals surface area (Å²) in [6.07, 6.45) is -3.07. The van der Waals surface area contributed by atoms with Crippen LogP contribution in [0.25, 0.3) is 10.7 Å². The Bertz CT molecular complexity index is 873. The Kier molecular flexibility index (Phi) is 4.01. The number of aromatic nitrogens is 5. The van der Waals surface area contributed by atoms with Crippen LogP contribution in [0.2, 0.25) is 0 Å². The molecule has 3 aromatic heterocycles. The number of carbonyl (C=O) groups excluding carboxylic acids is 1. The smallest absolute Gasteiger partial charge is 0.288 e. The van der Waals surface area contributed by atoms with Crippen molar-refractivity contribution in [2.45, 2.75) is 13.1 Å². The monoisotopic (exact) mass is 354 g/mol. The Labute approximate surface area is 137 Å². The molecule has 0 atom stereocenters. The number of nitrogens with zero attached hydrogens (tertiary/aromatic N) is 4. The van der Waals surface area contributed by atoms with Gasteiger partial charge in [-0.05, 0) is 19.1 Å². The van der Waals surface area contributed by atoms with Crippen LogP contribution in [-0.2, 0) is 6.18 Å². The largest absolute Gasteiger partial charge is 0.451 e. The van der Waals surface area contributed by atoms with E-state index in [-0.39, 0.29) is 4.88 Å². The minimum Gasteiger partial charge on any atom is -0.288 e. The van der Waals surface area contributed by atoms with Crippen LogP contribution < -0.4 is 5.32 Å². The van der Waals surface area contributed by atoms with E-state index in [0.29, 0.717) is 16.4 Å². The number of nitrogens with one attached hydrogen (secondary N) is 2. The van der Waals surface area contributed by atoms with E-state index in [2.05, 4.69) is 25.4 Å². The molecule has 0 bridgehead atoms. The summed E-state index contributed by atoms with van der Waals surface area (Å²) < 4.78 is 37.4. The Hall–Kier alpha value is -2.82. The average Bonchev–Trinajstić information content (AvgIpc) is 3.14. The molecule has 0 saturated heterocycles. The summed E-state index contributed by atoms with van der Waals surface area (Å²) in [7, 11) is 0. The highest BCUT2D eigenvalue weighted by Crippen LogP contribution is 2.28. The van der Waals surface area contributed by atoms with Crippen molar-refractivity contribution in [2.75, 3.05) is 5.32 Å². The van der Waals surface area contributed by atoms with Crippen LogP contribution in [0.1, 0.15) is 21.2 Å². The number of amides is 1. The first-order valence-corrected chi connectivity index (χ1v) is 7.36. The molecule has 3 aromatic rings. The molecule has 124 valence electrons. The molecule has 0 aliphatic carbocycles. The van der Waals surface area contributed by atoms with Gasteiger partial charge in [0.15, 0.2) is 0 Å². The van der Waals surface area contributed by atoms with Crippen molar-refractivity contribution in [2.24, 2.45) is 0 Å². The maximum absolute atomic E-state index is 12.5. The van der Waals surface area contributed by atoms with Crippen molar-refractivity contribution in [1.29, 1.82) is 0 Å². The van der Waals surface area contributed by atoms with Gasteiger partial charge in [-0.2, -0.15) is 18.2 Å². The molecular weight excluding hydrogens is 345 g/mol. The fourth-order valence-electron chi connectivity index (χ4n) is 1.81. The van der Waals surface area contributed by atoms with Crippen LogP contribution in [0.3, 0.4) is 0 Å². The fraction of sp³-hybridized carbons (Fsp3) is 0.154. The molecule has 1 amide bonds. The third-order valence-corrected chi connectivity index (χ3v) is 4.04. The van der Waals surface area contributed by atoms with E-state index in [1.165, 1.54) is 0 Å². The van der Waals surface area contributed by atoms with E-state index < -0.39 is 23.9 Å². The fourth-order valence-corrected chi connectivity index (χ4v) is 2.75. The number of carbonyl (C=O) groups is 1. The molecule has 3 heterocycles. The molecule has 0 radical (unpaired) electrons. The molecule has 7 nitrogen and oxygen atoms in total. The number of hydrogen-bond donors (Lipinski definition) is 2. The molecule has 0 spiro atoms. The van der Waals surface area contributed by atoms with Crippen molar-refractivity contribution in [1.82, 2.24) is 25.1 Å². The van der Waals surface area contributed by atoms with Crippen molar-refractivity contribution < 1.29 is 18.0 Å². The third-order valence-electron chi connectivity index (χ3n) is 2.87. The van der Waals surface area contributed by atoms with Gasteiger partial charge in [-0.15, -0.1) is 16.4 Å². The number of hydrogen-bond acceptors (Lipinski definition) is 6. The van der Waals surface area contributed by atoms with Crippen LogP contribution in [-0.4, -0.2) is 31.1 Å². The van der Waals surface area contributed by atoms with Crippen LogP contribution >= 0.6 is 11.3 Å². The molecule has 0 unspecified atom stereocenters. The number of rotatable bonds is 3. The predicted octanol–water partition coefficient (Wildman–Crippen LogP) is 2.90. The minimum atomic E-state index is -4.66. The van der Waals surface area contributed by atoms with Gasteiger partial charge < -0.3 is 0 Å². The lowest BCUT2D eigenvalue weighted by Gasteiger charge is -1.99. The van der Waals surface area contributed by atoms with Crippen LogP contribution in [0.4, 0.5) is 19.1 Å². The number of aryl methyl sites for hydroxylation is 1. The van der Waals surface area contributed by atoms with Crippen LogP contribution in [0, 0.1) is 6.92 Å². The van der Waals surface area contributed by atoms with E-state index in [9.17, 15) is 18.0 Å². The van der Waals surface area contributed by atoms with Gasteiger partial charge in [-0.25, -0.2) is 4.98 Å². The van der Waals surface area contributed by atoms with E-state index >= 15 is 0 Å². The summed E-state index contributed by atoms with van der Waals surface area (Å²) in [5, 5.41) is 7.80. The van der Waals surface area contributed by atoms with E-state index in [0.717, 1.165) is 11.3 Å². The molecule has 0 aliphatic rings. The summed E-state index contributed by atoms with van der Waals surface area (Å²) >= 11 is 1.08. The summed E-state index contributed by atoms with van der Waals surface area (Å²) in [5.41, 5.74) is 1.03. The molecule has 11 heteroatoms. The maximum Gasteiger partial charge on any atom is 0.451 e. The van der Waals surface area contributed by atoms with E-state index in [1.54, 1.807) is 36.4 Å². The molecular formula is C13H9F3N6OS. The standard InChI is InChI=1S/C13H9F3N6OS/c1-6-8(24-10(18-6)7-4-2-3-5-17-7)9(23)19-12-20-11(21-22-12)13(14,15)16/h2-5H,1H3,(H2,19,20,21,22,23). The van der Waals surface area contributed by atoms with Gasteiger partial charge in [0.05, 0.1) is 11.4 Å². The van der Waals surface area contributed by atoms with E-state index in [1.807, 2.05) is 0 Å². The summed E-state index contributed by atoms with van der Waals surface area (Å²) in [6, 6.07) is 5.27. The van der Waals surface area contributed by atoms with Gasteiger partial charge in [0.25, 0.3) is 5.91 Å². The number of halogens is 3. The highest BCUT2D eigenvalue weighted by atomic mass is 32.1. The topological polar surface area (TPSA) is 96.5 Å². The lowest BCUT2D eigenvalue weighted by molar-refractivity contribution is -0.144. The van der Waals surface area contributed by atoms with Crippen molar-refractivity contribution in [3.05, 3.63) is 40.8 Å². The number of anilines is 1. The van der Waals surface area contributed by atoms with Gasteiger partial charge in [0.1, 0.15) is 9.88 Å². The third kappa shape index (κ3) is 3.25. The molecule has 0 saturated carbocycles. The van der Waals surface area contributed by atoms with Gasteiger partial charge in [0.2, 0.25) is 11.8 Å². The normalized spacial score (nSPS) is 11.5. The lowest BCUT2D eigenvalue weighted by atomic mass is 10.3. The molecule has 3 rings (SSSR count). The number of alkyl halides is 3. The average molecular weight is 354 g/mol. The minimum absolute atomic E-state index is 0.244. The zero-order valence-corrected chi connectivity index (χ0v) is 12.9. The number of pyridine rings is 1. The number of aromatic amines is 1. The molecule has 0 aliphatic heterocycles. The second-order valence-electron chi connectivity index (χ2n) is 4.61. The molecule has 0 fully saturated rings. The van der Waals surface area contributed by atoms with Gasteiger partial charge in [-0.1, -0.05) is 6.07 Å². The zero-order chi connectivity index (χ0) is 17.3. The zero-order valence-electron chi connectivity index (χ0n) is 12.0. The Balaban J connectivity index is 1.81. The van der Waals surface area contributed by atoms with Crippen LogP contribution in [0.15, 0.2) is 24.4 Å². The van der Waals surface area contributed by atoms with Crippen molar-refractivity contribution in [3.63, 3.8) is 0 Å². The Morgan fingerprint density at radius 2 is 2.08 bits per heavy atom. The van der Waals surface area contributed by atoms with Gasteiger partial charge in [-0.3, -0.25) is 20.2 Å². The summed E-state index contributed by atoms with van der Waals surface area (Å²) in [6.45, 7) is 1.62. The molecule has 0 aromatic carbocycles. The van der Waals surface area contributed by atoms with E-state index in [4.69, 9.17) is 0 Å². The van der Waals surface area contributed by atoms with Crippen molar-refractivity contribution >= 4 is 23.2 Å². The highest BCUT2D eigenvalue weighted by Gasteiger charge is 2.35. The highest BCUT2D eigenvalue weighted by molar-refractivity contribution is 7.17. The van der Waals surface area contributed by atoms with Gasteiger partial charge in [0, 0.05) is 6.20 Å². The SMILES string of the molecule is Cc1nc(-c2ccccn2)sc1C(=O)Nc1n[nH]c(C(F)(F)F)n1. The predicted molar refractivity (Wildman–Crippen MR) is 79.4 cm³/mol. The van der Waals surface area contributed by atoms with Crippen molar-refractivity contribution in [3.8, 4) is 10.7 Å².